The highest BCUT2D eigenvalue weighted by Gasteiger charge is 2.29. The van der Waals surface area contributed by atoms with E-state index in [1.165, 1.54) is 12.1 Å². The molecule has 3 nitrogen and oxygen atoms in total. The highest BCUT2D eigenvalue weighted by molar-refractivity contribution is 5.92. The van der Waals surface area contributed by atoms with Crippen molar-refractivity contribution in [3.8, 4) is 0 Å². The molecule has 0 saturated heterocycles. The number of benzene rings is 2. The number of hydrogen-bond donors (Lipinski definition) is 1. The lowest BCUT2D eigenvalue weighted by Gasteiger charge is -2.17. The first-order chi connectivity index (χ1) is 11.8. The minimum atomic E-state index is -4.34. The Hall–Kier alpha value is -2.34. The summed E-state index contributed by atoms with van der Waals surface area (Å²) in [5.74, 6) is -0.157. The van der Waals surface area contributed by atoms with Gasteiger partial charge in [-0.2, -0.15) is 13.2 Å². The van der Waals surface area contributed by atoms with Crippen LogP contribution in [0.25, 0.3) is 0 Å². The molecule has 0 aliphatic rings. The number of carbonyl (C=O) groups excluding carboxylic acids is 1. The molecule has 0 saturated carbocycles. The Kier molecular flexibility index (Phi) is 6.20. The van der Waals surface area contributed by atoms with E-state index >= 15 is 0 Å². The van der Waals surface area contributed by atoms with Gasteiger partial charge >= 0.3 is 6.18 Å². The molecule has 0 radical (unpaired) electrons. The number of aryl methyl sites for hydroxylation is 1. The molecule has 134 valence electrons. The van der Waals surface area contributed by atoms with Crippen LogP contribution >= 0.6 is 0 Å². The van der Waals surface area contributed by atoms with Gasteiger partial charge in [-0.3, -0.25) is 9.69 Å². The molecule has 0 aliphatic heterocycles. The number of halogens is 3. The maximum Gasteiger partial charge on any atom is 0.416 e. The third-order valence-electron chi connectivity index (χ3n) is 3.82. The molecule has 1 amide bonds. The minimum Gasteiger partial charge on any atom is -0.325 e. The maximum absolute atomic E-state index is 12.6. The van der Waals surface area contributed by atoms with Crippen molar-refractivity contribution in [2.75, 3.05) is 18.9 Å². The zero-order valence-electron chi connectivity index (χ0n) is 14.2. The standard InChI is InChI=1S/C19H21F3N2O/c1-3-15-6-4-5-7-17(15)23-18(25)13-24(2)12-14-8-10-16(11-9-14)19(20,21)22/h4-11H,3,12-13H2,1-2H3,(H,23,25). The highest BCUT2D eigenvalue weighted by atomic mass is 19.4. The van der Waals surface area contributed by atoms with Crippen LogP contribution in [0.4, 0.5) is 18.9 Å². The van der Waals surface area contributed by atoms with Gasteiger partial charge in [0.1, 0.15) is 0 Å². The molecule has 0 fully saturated rings. The van der Waals surface area contributed by atoms with Gasteiger partial charge in [0.15, 0.2) is 0 Å². The average Bonchev–Trinajstić information content (AvgIpc) is 2.54. The predicted molar refractivity (Wildman–Crippen MR) is 92.2 cm³/mol. The van der Waals surface area contributed by atoms with Gasteiger partial charge in [0.2, 0.25) is 5.91 Å². The topological polar surface area (TPSA) is 32.3 Å². The fourth-order valence-corrected chi connectivity index (χ4v) is 2.55. The van der Waals surface area contributed by atoms with E-state index in [2.05, 4.69) is 5.32 Å². The molecular weight excluding hydrogens is 329 g/mol. The number of rotatable bonds is 6. The van der Waals surface area contributed by atoms with Gasteiger partial charge in [0.25, 0.3) is 0 Å². The molecule has 25 heavy (non-hydrogen) atoms. The van der Waals surface area contributed by atoms with Gasteiger partial charge in [-0.25, -0.2) is 0 Å². The van der Waals surface area contributed by atoms with E-state index in [0.29, 0.717) is 6.54 Å². The second-order valence-corrected chi connectivity index (χ2v) is 5.93. The second kappa shape index (κ2) is 8.16. The molecule has 0 bridgehead atoms. The number of alkyl halides is 3. The normalized spacial score (nSPS) is 11.6. The van der Waals surface area contributed by atoms with E-state index in [4.69, 9.17) is 0 Å². The van der Waals surface area contributed by atoms with Crippen LogP contribution in [0.2, 0.25) is 0 Å². The van der Waals surface area contributed by atoms with E-state index in [1.54, 1.807) is 11.9 Å². The fraction of sp³-hybridized carbons (Fsp3) is 0.316. The first-order valence-corrected chi connectivity index (χ1v) is 8.02. The third kappa shape index (κ3) is 5.60. The van der Waals surface area contributed by atoms with Crippen molar-refractivity contribution >= 4 is 11.6 Å². The van der Waals surface area contributed by atoms with Crippen molar-refractivity contribution in [1.29, 1.82) is 0 Å². The molecule has 2 rings (SSSR count). The van der Waals surface area contributed by atoms with Crippen LogP contribution in [0, 0.1) is 0 Å². The Labute approximate surface area is 145 Å². The van der Waals surface area contributed by atoms with Gasteiger partial charge in [-0.15, -0.1) is 0 Å². The molecule has 0 aromatic heterocycles. The number of hydrogen-bond acceptors (Lipinski definition) is 2. The zero-order valence-corrected chi connectivity index (χ0v) is 14.2. The number of nitrogens with zero attached hydrogens (tertiary/aromatic N) is 1. The molecule has 0 spiro atoms. The maximum atomic E-state index is 12.6. The van der Waals surface area contributed by atoms with Crippen LogP contribution in [-0.2, 0) is 23.9 Å². The van der Waals surface area contributed by atoms with Crippen molar-refractivity contribution in [2.45, 2.75) is 26.1 Å². The largest absolute Gasteiger partial charge is 0.416 e. The van der Waals surface area contributed by atoms with Crippen LogP contribution in [0.5, 0.6) is 0 Å². The van der Waals surface area contributed by atoms with Crippen molar-refractivity contribution in [3.05, 3.63) is 65.2 Å². The van der Waals surface area contributed by atoms with Crippen molar-refractivity contribution < 1.29 is 18.0 Å². The molecule has 0 unspecified atom stereocenters. The van der Waals surface area contributed by atoms with Crippen LogP contribution in [0.1, 0.15) is 23.6 Å². The first kappa shape index (κ1) is 19.0. The molecule has 2 aromatic carbocycles. The molecule has 6 heteroatoms. The van der Waals surface area contributed by atoms with E-state index in [0.717, 1.165) is 35.4 Å². The summed E-state index contributed by atoms with van der Waals surface area (Å²) in [6.45, 7) is 2.56. The lowest BCUT2D eigenvalue weighted by molar-refractivity contribution is -0.137. The van der Waals surface area contributed by atoms with Crippen molar-refractivity contribution in [2.24, 2.45) is 0 Å². The summed E-state index contributed by atoms with van der Waals surface area (Å²) in [6, 6.07) is 12.6. The van der Waals surface area contributed by atoms with Gasteiger partial charge in [0.05, 0.1) is 12.1 Å². The van der Waals surface area contributed by atoms with Crippen LogP contribution in [0.15, 0.2) is 48.5 Å². The monoisotopic (exact) mass is 350 g/mol. The predicted octanol–water partition coefficient (Wildman–Crippen LogP) is 4.34. The molecule has 1 N–H and O–H groups in total. The molecular formula is C19H21F3N2O. The molecule has 0 heterocycles. The summed E-state index contributed by atoms with van der Waals surface area (Å²) < 4.78 is 37.7. The highest BCUT2D eigenvalue weighted by Crippen LogP contribution is 2.29. The number of likely N-dealkylation sites (N-methyl/N-ethyl adjacent to an activating group) is 1. The molecule has 2 aromatic rings. The van der Waals surface area contributed by atoms with E-state index in [-0.39, 0.29) is 12.5 Å². The fourth-order valence-electron chi connectivity index (χ4n) is 2.55. The summed E-state index contributed by atoms with van der Waals surface area (Å²) in [5, 5.41) is 2.88. The second-order valence-electron chi connectivity index (χ2n) is 5.93. The van der Waals surface area contributed by atoms with Gasteiger partial charge < -0.3 is 5.32 Å². The Bertz CT molecular complexity index is 711. The Morgan fingerprint density at radius 2 is 1.72 bits per heavy atom. The average molecular weight is 350 g/mol. The van der Waals surface area contributed by atoms with Gasteiger partial charge in [-0.1, -0.05) is 37.3 Å². The van der Waals surface area contributed by atoms with Gasteiger partial charge in [0, 0.05) is 12.2 Å². The van der Waals surface area contributed by atoms with Crippen molar-refractivity contribution in [3.63, 3.8) is 0 Å². The van der Waals surface area contributed by atoms with Crippen LogP contribution in [-0.4, -0.2) is 24.4 Å². The Balaban J connectivity index is 1.91. The SMILES string of the molecule is CCc1ccccc1NC(=O)CN(C)Cc1ccc(C(F)(F)F)cc1. The van der Waals surface area contributed by atoms with Gasteiger partial charge in [-0.05, 0) is 42.8 Å². The number of anilines is 1. The lowest BCUT2D eigenvalue weighted by Crippen LogP contribution is -2.30. The van der Waals surface area contributed by atoms with E-state index in [1.807, 2.05) is 31.2 Å². The Morgan fingerprint density at radius 1 is 1.08 bits per heavy atom. The number of amides is 1. The summed E-state index contributed by atoms with van der Waals surface area (Å²) in [7, 11) is 1.75. The zero-order chi connectivity index (χ0) is 18.4. The molecule has 0 aliphatic carbocycles. The Morgan fingerprint density at radius 3 is 2.32 bits per heavy atom. The number of nitrogens with one attached hydrogen (secondary N) is 1. The lowest BCUT2D eigenvalue weighted by atomic mass is 10.1. The number of carbonyl (C=O) groups is 1. The van der Waals surface area contributed by atoms with Crippen LogP contribution in [0.3, 0.4) is 0 Å². The molecule has 0 atom stereocenters. The summed E-state index contributed by atoms with van der Waals surface area (Å²) in [5.41, 5.74) is 1.89. The van der Waals surface area contributed by atoms with Crippen molar-refractivity contribution in [1.82, 2.24) is 4.90 Å². The smallest absolute Gasteiger partial charge is 0.325 e. The van der Waals surface area contributed by atoms with Crippen LogP contribution < -0.4 is 5.32 Å². The van der Waals surface area contributed by atoms with E-state index < -0.39 is 11.7 Å². The number of para-hydroxylation sites is 1. The van der Waals surface area contributed by atoms with E-state index in [9.17, 15) is 18.0 Å². The summed E-state index contributed by atoms with van der Waals surface area (Å²) in [4.78, 5) is 13.9. The minimum absolute atomic E-state index is 0.152. The summed E-state index contributed by atoms with van der Waals surface area (Å²) >= 11 is 0. The quantitative estimate of drug-likeness (QED) is 0.841. The summed E-state index contributed by atoms with van der Waals surface area (Å²) in [6.07, 6.45) is -3.52. The first-order valence-electron chi connectivity index (χ1n) is 8.02. The third-order valence-corrected chi connectivity index (χ3v) is 3.82.